The van der Waals surface area contributed by atoms with Gasteiger partial charge >= 0.3 is 6.18 Å². The van der Waals surface area contributed by atoms with Gasteiger partial charge in [0.25, 0.3) is 0 Å². The van der Waals surface area contributed by atoms with Crippen LogP contribution in [0.5, 0.6) is 0 Å². The van der Waals surface area contributed by atoms with E-state index in [0.29, 0.717) is 16.8 Å². The van der Waals surface area contributed by atoms with Gasteiger partial charge in [-0.1, -0.05) is 11.6 Å². The van der Waals surface area contributed by atoms with Crippen LogP contribution in [0.4, 0.5) is 19.1 Å². The number of hydrogen-bond acceptors (Lipinski definition) is 4. The van der Waals surface area contributed by atoms with Crippen molar-refractivity contribution in [2.24, 2.45) is 5.92 Å². The van der Waals surface area contributed by atoms with E-state index in [1.54, 1.807) is 0 Å². The number of anilines is 1. The van der Waals surface area contributed by atoms with E-state index in [1.165, 1.54) is 0 Å². The Morgan fingerprint density at radius 1 is 1.32 bits per heavy atom. The van der Waals surface area contributed by atoms with Gasteiger partial charge in [-0.05, 0) is 12.8 Å². The van der Waals surface area contributed by atoms with Crippen LogP contribution in [-0.4, -0.2) is 16.1 Å². The van der Waals surface area contributed by atoms with Crippen LogP contribution in [-0.2, 0) is 12.8 Å². The van der Waals surface area contributed by atoms with Gasteiger partial charge in [0.2, 0.25) is 5.95 Å². The molecule has 2 heterocycles. The number of rotatable bonds is 0. The van der Waals surface area contributed by atoms with Crippen molar-refractivity contribution < 1.29 is 17.6 Å². The molecule has 102 valence electrons. The molecular formula is C11H9ClF3N3O. The molecule has 3 rings (SSSR count). The maximum absolute atomic E-state index is 12.8. The first-order valence-electron chi connectivity index (χ1n) is 5.66. The lowest BCUT2D eigenvalue weighted by molar-refractivity contribution is -0.177. The Kier molecular flexibility index (Phi) is 2.63. The molecule has 19 heavy (non-hydrogen) atoms. The van der Waals surface area contributed by atoms with Gasteiger partial charge in [-0.3, -0.25) is 0 Å². The average Bonchev–Trinajstić information content (AvgIpc) is 2.66. The lowest BCUT2D eigenvalue weighted by atomic mass is 9.87. The molecule has 2 N–H and O–H groups in total. The minimum absolute atomic E-state index is 0.0108. The number of halogens is 4. The summed E-state index contributed by atoms with van der Waals surface area (Å²) in [6.45, 7) is 0. The maximum Gasteiger partial charge on any atom is 0.392 e. The van der Waals surface area contributed by atoms with Gasteiger partial charge in [0.15, 0.2) is 10.7 Å². The summed E-state index contributed by atoms with van der Waals surface area (Å²) < 4.78 is 43.8. The quantitative estimate of drug-likeness (QED) is 0.757. The molecule has 0 bridgehead atoms. The summed E-state index contributed by atoms with van der Waals surface area (Å²) in [7, 11) is 0. The van der Waals surface area contributed by atoms with Crippen molar-refractivity contribution in [3.05, 3.63) is 16.5 Å². The molecule has 1 atom stereocenters. The lowest BCUT2D eigenvalue weighted by Gasteiger charge is -2.23. The molecule has 2 aromatic rings. The molecule has 1 aliphatic rings. The monoisotopic (exact) mass is 291 g/mol. The summed E-state index contributed by atoms with van der Waals surface area (Å²) in [4.78, 5) is 7.68. The molecule has 0 amide bonds. The second-order valence-electron chi connectivity index (χ2n) is 4.54. The Morgan fingerprint density at radius 3 is 2.74 bits per heavy atom. The van der Waals surface area contributed by atoms with Crippen LogP contribution >= 0.6 is 11.6 Å². The van der Waals surface area contributed by atoms with Gasteiger partial charge in [-0.25, -0.2) is 4.98 Å². The van der Waals surface area contributed by atoms with E-state index in [4.69, 9.17) is 21.8 Å². The number of aromatic nitrogens is 2. The lowest BCUT2D eigenvalue weighted by Crippen LogP contribution is -2.28. The summed E-state index contributed by atoms with van der Waals surface area (Å²) in [5, 5.41) is 0.0282. The van der Waals surface area contributed by atoms with Gasteiger partial charge in [-0.15, -0.1) is 0 Å². The molecule has 0 radical (unpaired) electrons. The van der Waals surface area contributed by atoms with E-state index >= 15 is 0 Å². The molecule has 4 nitrogen and oxygen atoms in total. The molecule has 0 aliphatic heterocycles. The van der Waals surface area contributed by atoms with Crippen LogP contribution in [0, 0.1) is 5.92 Å². The minimum Gasteiger partial charge on any atom is -0.456 e. The van der Waals surface area contributed by atoms with Crippen LogP contribution in [0.15, 0.2) is 4.42 Å². The van der Waals surface area contributed by atoms with Crippen molar-refractivity contribution in [1.29, 1.82) is 0 Å². The Bertz CT molecular complexity index is 653. The molecule has 0 saturated heterocycles. The van der Waals surface area contributed by atoms with E-state index in [-0.39, 0.29) is 35.9 Å². The highest BCUT2D eigenvalue weighted by atomic mass is 35.5. The third-order valence-corrected chi connectivity index (χ3v) is 3.58. The van der Waals surface area contributed by atoms with E-state index in [9.17, 15) is 13.2 Å². The topological polar surface area (TPSA) is 64.9 Å². The predicted molar refractivity (Wildman–Crippen MR) is 62.8 cm³/mol. The molecular weight excluding hydrogens is 283 g/mol. The van der Waals surface area contributed by atoms with Gasteiger partial charge in [0.1, 0.15) is 11.3 Å². The van der Waals surface area contributed by atoms with Crippen LogP contribution in [0.25, 0.3) is 11.1 Å². The maximum atomic E-state index is 12.8. The fraction of sp³-hybridized carbons (Fsp3) is 0.455. The molecule has 8 heteroatoms. The second kappa shape index (κ2) is 4.00. The van der Waals surface area contributed by atoms with Crippen molar-refractivity contribution >= 4 is 28.6 Å². The smallest absolute Gasteiger partial charge is 0.392 e. The van der Waals surface area contributed by atoms with Crippen molar-refractivity contribution in [3.8, 4) is 0 Å². The van der Waals surface area contributed by atoms with Crippen LogP contribution < -0.4 is 5.73 Å². The highest BCUT2D eigenvalue weighted by Gasteiger charge is 2.42. The minimum atomic E-state index is -4.22. The van der Waals surface area contributed by atoms with Gasteiger partial charge in [0.05, 0.1) is 5.92 Å². The molecule has 1 aliphatic carbocycles. The van der Waals surface area contributed by atoms with Crippen molar-refractivity contribution in [2.75, 3.05) is 5.73 Å². The summed E-state index contributed by atoms with van der Waals surface area (Å²) in [5.74, 6) is -0.955. The Morgan fingerprint density at radius 2 is 2.05 bits per heavy atom. The molecule has 0 saturated carbocycles. The number of alkyl halides is 3. The molecule has 1 unspecified atom stereocenters. The van der Waals surface area contributed by atoms with Crippen LogP contribution in [0.3, 0.4) is 0 Å². The largest absolute Gasteiger partial charge is 0.456 e. The van der Waals surface area contributed by atoms with E-state index in [1.807, 2.05) is 0 Å². The van der Waals surface area contributed by atoms with E-state index in [2.05, 4.69) is 9.97 Å². The first-order chi connectivity index (χ1) is 8.86. The number of fused-ring (bicyclic) bond motifs is 3. The zero-order valence-electron chi connectivity index (χ0n) is 9.59. The zero-order chi connectivity index (χ0) is 13.8. The summed E-state index contributed by atoms with van der Waals surface area (Å²) in [6, 6.07) is 0. The van der Waals surface area contributed by atoms with Crippen LogP contribution in [0.2, 0.25) is 5.15 Å². The third kappa shape index (κ3) is 2.01. The number of nitrogens with two attached hydrogens (primary N) is 1. The van der Waals surface area contributed by atoms with Crippen molar-refractivity contribution in [3.63, 3.8) is 0 Å². The Hall–Kier alpha value is -1.50. The standard InChI is InChI=1S/C11H9ClF3N3O/c12-9-8-7(17-10(16)18-9)5-3-4(11(13,14)15)1-2-6(5)19-8/h4H,1-3H2,(H2,16,17,18). The van der Waals surface area contributed by atoms with Gasteiger partial charge in [-0.2, -0.15) is 18.2 Å². The highest BCUT2D eigenvalue weighted by Crippen LogP contribution is 2.41. The number of nitrogens with zero attached hydrogens (tertiary/aromatic N) is 2. The van der Waals surface area contributed by atoms with Gasteiger partial charge < -0.3 is 10.2 Å². The normalized spacial score (nSPS) is 19.7. The second-order valence-corrected chi connectivity index (χ2v) is 4.89. The molecule has 0 aromatic carbocycles. The number of aryl methyl sites for hydroxylation is 1. The molecule has 0 spiro atoms. The summed E-state index contributed by atoms with van der Waals surface area (Å²) in [6.07, 6.45) is -4.15. The van der Waals surface area contributed by atoms with Crippen LogP contribution in [0.1, 0.15) is 17.7 Å². The SMILES string of the molecule is Nc1nc(Cl)c2oc3c(c2n1)CC(C(F)(F)F)CC3. The third-order valence-electron chi connectivity index (χ3n) is 3.32. The zero-order valence-corrected chi connectivity index (χ0v) is 10.3. The first-order valence-corrected chi connectivity index (χ1v) is 6.04. The number of hydrogen-bond donors (Lipinski definition) is 1. The summed E-state index contributed by atoms with van der Waals surface area (Å²) >= 11 is 5.86. The predicted octanol–water partition coefficient (Wildman–Crippen LogP) is 3.13. The number of nitrogen functional groups attached to an aromatic ring is 1. The van der Waals surface area contributed by atoms with E-state index < -0.39 is 12.1 Å². The van der Waals surface area contributed by atoms with Crippen molar-refractivity contribution in [2.45, 2.75) is 25.4 Å². The molecule has 2 aromatic heterocycles. The Labute approximate surface area is 110 Å². The highest BCUT2D eigenvalue weighted by molar-refractivity contribution is 6.33. The molecule has 0 fully saturated rings. The fourth-order valence-electron chi connectivity index (χ4n) is 2.40. The number of furan rings is 1. The van der Waals surface area contributed by atoms with Gasteiger partial charge in [0, 0.05) is 12.0 Å². The van der Waals surface area contributed by atoms with E-state index in [0.717, 1.165) is 0 Å². The fourth-order valence-corrected chi connectivity index (χ4v) is 2.61. The first kappa shape index (κ1) is 12.5. The summed E-state index contributed by atoms with van der Waals surface area (Å²) in [5.41, 5.74) is 6.42. The Balaban J connectivity index is 2.13. The average molecular weight is 292 g/mol. The van der Waals surface area contributed by atoms with Crippen molar-refractivity contribution in [1.82, 2.24) is 9.97 Å².